The van der Waals surface area contributed by atoms with Crippen LogP contribution in [0.15, 0.2) is 48.5 Å². The van der Waals surface area contributed by atoms with Gasteiger partial charge in [-0.1, -0.05) is 42.8 Å². The Morgan fingerprint density at radius 3 is 2.71 bits per heavy atom. The van der Waals surface area contributed by atoms with E-state index in [1.807, 2.05) is 38.1 Å². The molecule has 0 aliphatic heterocycles. The Labute approximate surface area is 147 Å². The van der Waals surface area contributed by atoms with Crippen molar-refractivity contribution in [2.24, 2.45) is 0 Å². The van der Waals surface area contributed by atoms with Crippen LogP contribution < -0.4 is 14.8 Å². The van der Waals surface area contributed by atoms with Crippen LogP contribution >= 0.6 is 11.6 Å². The molecule has 0 bridgehead atoms. The van der Waals surface area contributed by atoms with Crippen LogP contribution in [-0.2, 0) is 4.79 Å². The van der Waals surface area contributed by atoms with Crippen molar-refractivity contribution in [2.45, 2.75) is 26.4 Å². The van der Waals surface area contributed by atoms with Crippen LogP contribution in [-0.4, -0.2) is 25.2 Å². The van der Waals surface area contributed by atoms with E-state index in [0.717, 1.165) is 11.3 Å². The number of ether oxygens (including phenoxy) is 2. The first kappa shape index (κ1) is 18.1. The van der Waals surface area contributed by atoms with Crippen molar-refractivity contribution in [1.82, 2.24) is 5.32 Å². The summed E-state index contributed by atoms with van der Waals surface area (Å²) in [6, 6.07) is 14.8. The van der Waals surface area contributed by atoms with Crippen LogP contribution in [0.2, 0.25) is 5.02 Å². The molecule has 0 aliphatic carbocycles. The van der Waals surface area contributed by atoms with E-state index in [9.17, 15) is 4.79 Å². The van der Waals surface area contributed by atoms with Crippen LogP contribution in [0.25, 0.3) is 0 Å². The van der Waals surface area contributed by atoms with Crippen LogP contribution in [0, 0.1) is 6.92 Å². The normalized spacial score (nSPS) is 11.6. The Hall–Kier alpha value is -2.20. The van der Waals surface area contributed by atoms with E-state index in [1.165, 1.54) is 0 Å². The SMILES string of the molecule is CC[C@@H](Oc1cccc(Cl)c1)C(=O)NCCOc1ccccc1C. The fourth-order valence-corrected chi connectivity index (χ4v) is 2.37. The quantitative estimate of drug-likeness (QED) is 0.734. The molecule has 2 rings (SSSR count). The number of benzene rings is 2. The standard InChI is InChI=1S/C19H22ClNO3/c1-3-17(24-16-9-6-8-15(20)13-16)19(22)21-11-12-23-18-10-5-4-7-14(18)2/h4-10,13,17H,3,11-12H2,1-2H3,(H,21,22)/t17-/m1/s1. The largest absolute Gasteiger partial charge is 0.491 e. The number of carbonyl (C=O) groups excluding carboxylic acids is 1. The van der Waals surface area contributed by atoms with E-state index in [4.69, 9.17) is 21.1 Å². The molecule has 4 nitrogen and oxygen atoms in total. The second kappa shape index (κ2) is 9.18. The van der Waals surface area contributed by atoms with E-state index >= 15 is 0 Å². The maximum absolute atomic E-state index is 12.2. The molecule has 2 aromatic carbocycles. The molecule has 5 heteroatoms. The van der Waals surface area contributed by atoms with E-state index < -0.39 is 6.10 Å². The highest BCUT2D eigenvalue weighted by Gasteiger charge is 2.18. The minimum absolute atomic E-state index is 0.161. The lowest BCUT2D eigenvalue weighted by atomic mass is 10.2. The molecule has 1 atom stereocenters. The highest BCUT2D eigenvalue weighted by molar-refractivity contribution is 6.30. The molecular weight excluding hydrogens is 326 g/mol. The molecule has 24 heavy (non-hydrogen) atoms. The van der Waals surface area contributed by atoms with E-state index in [0.29, 0.717) is 30.3 Å². The fourth-order valence-electron chi connectivity index (χ4n) is 2.19. The van der Waals surface area contributed by atoms with Crippen LogP contribution in [0.5, 0.6) is 11.5 Å². The lowest BCUT2D eigenvalue weighted by Crippen LogP contribution is -2.39. The number of amides is 1. The van der Waals surface area contributed by atoms with E-state index in [2.05, 4.69) is 5.32 Å². The zero-order chi connectivity index (χ0) is 17.4. The molecule has 128 valence electrons. The van der Waals surface area contributed by atoms with Crippen molar-refractivity contribution in [3.63, 3.8) is 0 Å². The highest BCUT2D eigenvalue weighted by Crippen LogP contribution is 2.19. The van der Waals surface area contributed by atoms with Crippen molar-refractivity contribution in [3.05, 3.63) is 59.1 Å². The van der Waals surface area contributed by atoms with Crippen LogP contribution in [0.3, 0.4) is 0 Å². The van der Waals surface area contributed by atoms with Gasteiger partial charge in [0.2, 0.25) is 0 Å². The lowest BCUT2D eigenvalue weighted by Gasteiger charge is -2.17. The highest BCUT2D eigenvalue weighted by atomic mass is 35.5. The van der Waals surface area contributed by atoms with E-state index in [1.54, 1.807) is 24.3 Å². The first-order valence-electron chi connectivity index (χ1n) is 7.98. The van der Waals surface area contributed by atoms with Gasteiger partial charge < -0.3 is 14.8 Å². The summed E-state index contributed by atoms with van der Waals surface area (Å²) in [6.07, 6.45) is 0.0127. The number of hydrogen-bond acceptors (Lipinski definition) is 3. The third kappa shape index (κ3) is 5.46. The summed E-state index contributed by atoms with van der Waals surface area (Å²) in [4.78, 5) is 12.2. The summed E-state index contributed by atoms with van der Waals surface area (Å²) >= 11 is 5.93. The van der Waals surface area contributed by atoms with Crippen molar-refractivity contribution >= 4 is 17.5 Å². The van der Waals surface area contributed by atoms with Gasteiger partial charge in [0.05, 0.1) is 6.54 Å². The van der Waals surface area contributed by atoms with Crippen molar-refractivity contribution < 1.29 is 14.3 Å². The van der Waals surface area contributed by atoms with Gasteiger partial charge in [0, 0.05) is 5.02 Å². The maximum atomic E-state index is 12.2. The smallest absolute Gasteiger partial charge is 0.261 e. The minimum atomic E-state index is -0.554. The topological polar surface area (TPSA) is 47.6 Å². The van der Waals surface area contributed by atoms with Gasteiger partial charge in [-0.25, -0.2) is 0 Å². The molecule has 2 aromatic rings. The summed E-state index contributed by atoms with van der Waals surface area (Å²) in [5.41, 5.74) is 1.07. The Bertz CT molecular complexity index is 675. The van der Waals surface area contributed by atoms with Crippen molar-refractivity contribution in [2.75, 3.05) is 13.2 Å². The monoisotopic (exact) mass is 347 g/mol. The Kier molecular flexibility index (Phi) is 6.94. The molecule has 0 fully saturated rings. The average Bonchev–Trinajstić information content (AvgIpc) is 2.58. The summed E-state index contributed by atoms with van der Waals surface area (Å²) in [6.45, 7) is 4.71. The zero-order valence-corrected chi connectivity index (χ0v) is 14.7. The van der Waals surface area contributed by atoms with E-state index in [-0.39, 0.29) is 5.91 Å². The molecule has 1 N–H and O–H groups in total. The molecule has 0 radical (unpaired) electrons. The van der Waals surface area contributed by atoms with Crippen molar-refractivity contribution in [1.29, 1.82) is 0 Å². The Morgan fingerprint density at radius 2 is 2.00 bits per heavy atom. The molecule has 0 unspecified atom stereocenters. The fraction of sp³-hybridized carbons (Fsp3) is 0.316. The summed E-state index contributed by atoms with van der Waals surface area (Å²) < 4.78 is 11.4. The predicted molar refractivity (Wildman–Crippen MR) is 95.8 cm³/mol. The van der Waals surface area contributed by atoms with Gasteiger partial charge in [-0.2, -0.15) is 0 Å². The molecule has 0 saturated heterocycles. The first-order chi connectivity index (χ1) is 11.6. The Morgan fingerprint density at radius 1 is 1.21 bits per heavy atom. The zero-order valence-electron chi connectivity index (χ0n) is 13.9. The minimum Gasteiger partial charge on any atom is -0.491 e. The van der Waals surface area contributed by atoms with Gasteiger partial charge in [0.15, 0.2) is 6.10 Å². The molecule has 0 saturated carbocycles. The number of nitrogens with one attached hydrogen (secondary N) is 1. The van der Waals surface area contributed by atoms with Gasteiger partial charge in [-0.15, -0.1) is 0 Å². The van der Waals surface area contributed by atoms with Gasteiger partial charge in [-0.3, -0.25) is 4.79 Å². The number of aryl methyl sites for hydroxylation is 1. The third-order valence-electron chi connectivity index (χ3n) is 3.49. The van der Waals surface area contributed by atoms with Gasteiger partial charge in [-0.05, 0) is 43.2 Å². The number of carbonyl (C=O) groups is 1. The number of para-hydroxylation sites is 1. The summed E-state index contributed by atoms with van der Waals surface area (Å²) in [7, 11) is 0. The first-order valence-corrected chi connectivity index (χ1v) is 8.36. The third-order valence-corrected chi connectivity index (χ3v) is 3.73. The molecule has 0 spiro atoms. The molecule has 0 aliphatic rings. The maximum Gasteiger partial charge on any atom is 0.261 e. The van der Waals surface area contributed by atoms with Gasteiger partial charge in [0.25, 0.3) is 5.91 Å². The van der Waals surface area contributed by atoms with Gasteiger partial charge in [0.1, 0.15) is 18.1 Å². The lowest BCUT2D eigenvalue weighted by molar-refractivity contribution is -0.128. The van der Waals surface area contributed by atoms with Crippen molar-refractivity contribution in [3.8, 4) is 11.5 Å². The Balaban J connectivity index is 1.78. The molecule has 0 heterocycles. The van der Waals surface area contributed by atoms with Crippen LogP contribution in [0.4, 0.5) is 0 Å². The number of rotatable bonds is 8. The number of hydrogen-bond donors (Lipinski definition) is 1. The second-order valence-corrected chi connectivity index (χ2v) is 5.81. The molecular formula is C19H22ClNO3. The summed E-state index contributed by atoms with van der Waals surface area (Å²) in [5, 5.41) is 3.41. The average molecular weight is 348 g/mol. The van der Waals surface area contributed by atoms with Crippen LogP contribution in [0.1, 0.15) is 18.9 Å². The number of halogens is 1. The predicted octanol–water partition coefficient (Wildman–Crippen LogP) is 4.00. The van der Waals surface area contributed by atoms with Gasteiger partial charge >= 0.3 is 0 Å². The molecule has 1 amide bonds. The summed E-state index contributed by atoms with van der Waals surface area (Å²) in [5.74, 6) is 1.25. The second-order valence-electron chi connectivity index (χ2n) is 5.38. The molecule has 0 aromatic heterocycles.